The van der Waals surface area contributed by atoms with Crippen LogP contribution in [0.4, 0.5) is 5.69 Å². The van der Waals surface area contributed by atoms with Crippen molar-refractivity contribution in [2.75, 3.05) is 5.32 Å². The highest BCUT2D eigenvalue weighted by atomic mass is 35.5. The molecule has 108 valence electrons. The van der Waals surface area contributed by atoms with Gasteiger partial charge in [0.05, 0.1) is 0 Å². The fourth-order valence-corrected chi connectivity index (χ4v) is 1.94. The van der Waals surface area contributed by atoms with Gasteiger partial charge in [0.2, 0.25) is 5.91 Å². The van der Waals surface area contributed by atoms with Gasteiger partial charge in [-0.25, -0.2) is 0 Å². The summed E-state index contributed by atoms with van der Waals surface area (Å²) in [7, 11) is 0. The molecule has 21 heavy (non-hydrogen) atoms. The number of rotatable bonds is 4. The lowest BCUT2D eigenvalue weighted by atomic mass is 10.2. The molecule has 2 aromatic carbocycles. The van der Waals surface area contributed by atoms with Crippen LogP contribution in [0.25, 0.3) is 0 Å². The molecule has 0 fully saturated rings. The van der Waals surface area contributed by atoms with Gasteiger partial charge in [0.25, 0.3) is 5.91 Å². The van der Waals surface area contributed by atoms with E-state index in [-0.39, 0.29) is 11.8 Å². The Bertz CT molecular complexity index is 644. The molecule has 1 atom stereocenters. The number of amides is 2. The van der Waals surface area contributed by atoms with Gasteiger partial charge in [-0.05, 0) is 37.3 Å². The van der Waals surface area contributed by atoms with Gasteiger partial charge in [-0.3, -0.25) is 9.59 Å². The molecule has 0 aliphatic carbocycles. The Morgan fingerprint density at radius 3 is 2.43 bits per heavy atom. The number of nitrogens with one attached hydrogen (secondary N) is 2. The molecule has 2 amide bonds. The van der Waals surface area contributed by atoms with Gasteiger partial charge < -0.3 is 10.6 Å². The minimum Gasteiger partial charge on any atom is -0.341 e. The van der Waals surface area contributed by atoms with Crippen molar-refractivity contribution in [1.82, 2.24) is 5.32 Å². The Hall–Kier alpha value is -2.33. The summed E-state index contributed by atoms with van der Waals surface area (Å²) in [5.74, 6) is -0.592. The average Bonchev–Trinajstić information content (AvgIpc) is 2.48. The molecule has 0 aliphatic heterocycles. The van der Waals surface area contributed by atoms with Crippen LogP contribution in [0.5, 0.6) is 0 Å². The molecule has 4 nitrogen and oxygen atoms in total. The van der Waals surface area contributed by atoms with E-state index in [1.807, 2.05) is 6.07 Å². The number of hydrogen-bond acceptors (Lipinski definition) is 2. The summed E-state index contributed by atoms with van der Waals surface area (Å²) in [6, 6.07) is 14.9. The van der Waals surface area contributed by atoms with Crippen LogP contribution in [-0.2, 0) is 4.79 Å². The zero-order chi connectivity index (χ0) is 15.2. The average molecular weight is 303 g/mol. The van der Waals surface area contributed by atoms with Crippen LogP contribution in [0.2, 0.25) is 5.02 Å². The van der Waals surface area contributed by atoms with Gasteiger partial charge >= 0.3 is 0 Å². The van der Waals surface area contributed by atoms with Crippen molar-refractivity contribution >= 4 is 29.1 Å². The third-order valence-corrected chi connectivity index (χ3v) is 3.10. The molecule has 2 aromatic rings. The first kappa shape index (κ1) is 15.1. The van der Waals surface area contributed by atoms with E-state index in [1.54, 1.807) is 55.5 Å². The van der Waals surface area contributed by atoms with Crippen LogP contribution in [0.1, 0.15) is 17.3 Å². The number of carbonyl (C=O) groups is 2. The molecule has 0 aromatic heterocycles. The highest BCUT2D eigenvalue weighted by Crippen LogP contribution is 2.15. The maximum absolute atomic E-state index is 12.0. The Balaban J connectivity index is 1.95. The Labute approximate surface area is 128 Å². The lowest BCUT2D eigenvalue weighted by Gasteiger charge is -2.14. The summed E-state index contributed by atoms with van der Waals surface area (Å²) in [5, 5.41) is 5.88. The molecule has 2 N–H and O–H groups in total. The number of carbonyl (C=O) groups excluding carboxylic acids is 2. The zero-order valence-electron chi connectivity index (χ0n) is 11.5. The summed E-state index contributed by atoms with van der Waals surface area (Å²) in [6.07, 6.45) is 0. The predicted octanol–water partition coefficient (Wildman–Crippen LogP) is 3.10. The molecule has 2 rings (SSSR count). The lowest BCUT2D eigenvalue weighted by Crippen LogP contribution is -2.41. The minimum atomic E-state index is -0.656. The first-order chi connectivity index (χ1) is 10.1. The van der Waals surface area contributed by atoms with E-state index in [0.717, 1.165) is 0 Å². The number of anilines is 1. The van der Waals surface area contributed by atoms with Crippen LogP contribution < -0.4 is 10.6 Å². The van der Waals surface area contributed by atoms with Crippen molar-refractivity contribution < 1.29 is 9.59 Å². The molecule has 1 unspecified atom stereocenters. The fraction of sp³-hybridized carbons (Fsp3) is 0.125. The molecular formula is C16H15ClN2O2. The minimum absolute atomic E-state index is 0.288. The SMILES string of the molecule is CC(NC(=O)c1ccccc1)C(=O)Nc1cccc(Cl)c1. The first-order valence-electron chi connectivity index (χ1n) is 6.48. The largest absolute Gasteiger partial charge is 0.341 e. The standard InChI is InChI=1S/C16H15ClN2O2/c1-11(18-16(21)12-6-3-2-4-7-12)15(20)19-14-9-5-8-13(17)10-14/h2-11H,1H3,(H,18,21)(H,19,20). The Morgan fingerprint density at radius 1 is 1.05 bits per heavy atom. The van der Waals surface area contributed by atoms with Crippen molar-refractivity contribution in [1.29, 1.82) is 0 Å². The molecular weight excluding hydrogens is 288 g/mol. The highest BCUT2D eigenvalue weighted by molar-refractivity contribution is 6.30. The van der Waals surface area contributed by atoms with Crippen LogP contribution in [-0.4, -0.2) is 17.9 Å². The second-order valence-electron chi connectivity index (χ2n) is 4.56. The van der Waals surface area contributed by atoms with Gasteiger partial charge in [0.1, 0.15) is 6.04 Å². The summed E-state index contributed by atoms with van der Waals surface area (Å²) < 4.78 is 0. The van der Waals surface area contributed by atoms with E-state index in [4.69, 9.17) is 11.6 Å². The van der Waals surface area contributed by atoms with Crippen molar-refractivity contribution in [2.24, 2.45) is 0 Å². The van der Waals surface area contributed by atoms with Crippen LogP contribution in [0, 0.1) is 0 Å². The Kier molecular flexibility index (Phi) is 4.95. The first-order valence-corrected chi connectivity index (χ1v) is 6.86. The summed E-state index contributed by atoms with van der Waals surface area (Å²) in [6.45, 7) is 1.63. The number of benzene rings is 2. The molecule has 0 heterocycles. The smallest absolute Gasteiger partial charge is 0.251 e. The molecule has 0 aliphatic rings. The highest BCUT2D eigenvalue weighted by Gasteiger charge is 2.16. The van der Waals surface area contributed by atoms with Crippen molar-refractivity contribution in [2.45, 2.75) is 13.0 Å². The summed E-state index contributed by atoms with van der Waals surface area (Å²) in [4.78, 5) is 24.0. The van der Waals surface area contributed by atoms with E-state index in [9.17, 15) is 9.59 Å². The monoisotopic (exact) mass is 302 g/mol. The fourth-order valence-electron chi connectivity index (χ4n) is 1.75. The lowest BCUT2D eigenvalue weighted by molar-refractivity contribution is -0.117. The topological polar surface area (TPSA) is 58.2 Å². The van der Waals surface area contributed by atoms with Crippen molar-refractivity contribution in [3.05, 3.63) is 65.2 Å². The quantitative estimate of drug-likeness (QED) is 0.912. The van der Waals surface area contributed by atoms with Gasteiger partial charge in [-0.1, -0.05) is 35.9 Å². The second kappa shape index (κ2) is 6.90. The van der Waals surface area contributed by atoms with Gasteiger partial charge in [-0.2, -0.15) is 0 Å². The molecule has 0 bridgehead atoms. The van der Waals surface area contributed by atoms with E-state index in [1.165, 1.54) is 0 Å². The molecule has 0 radical (unpaired) electrons. The Morgan fingerprint density at radius 2 is 1.76 bits per heavy atom. The zero-order valence-corrected chi connectivity index (χ0v) is 12.2. The molecule has 0 spiro atoms. The van der Waals surface area contributed by atoms with Crippen LogP contribution >= 0.6 is 11.6 Å². The third-order valence-electron chi connectivity index (χ3n) is 2.87. The molecule has 0 saturated carbocycles. The maximum atomic E-state index is 12.0. The summed E-state index contributed by atoms with van der Waals surface area (Å²) in [5.41, 5.74) is 1.10. The van der Waals surface area contributed by atoms with Crippen LogP contribution in [0.15, 0.2) is 54.6 Å². The second-order valence-corrected chi connectivity index (χ2v) is 5.00. The molecule has 0 saturated heterocycles. The third kappa shape index (κ3) is 4.33. The maximum Gasteiger partial charge on any atom is 0.251 e. The van der Waals surface area contributed by atoms with Crippen molar-refractivity contribution in [3.63, 3.8) is 0 Å². The van der Waals surface area contributed by atoms with Crippen LogP contribution in [0.3, 0.4) is 0 Å². The molecule has 5 heteroatoms. The van der Waals surface area contributed by atoms with Gasteiger partial charge in [0, 0.05) is 16.3 Å². The van der Waals surface area contributed by atoms with Crippen molar-refractivity contribution in [3.8, 4) is 0 Å². The number of hydrogen-bond donors (Lipinski definition) is 2. The van der Waals surface area contributed by atoms with Gasteiger partial charge in [-0.15, -0.1) is 0 Å². The number of halogens is 1. The van der Waals surface area contributed by atoms with Gasteiger partial charge in [0.15, 0.2) is 0 Å². The predicted molar refractivity (Wildman–Crippen MR) is 83.5 cm³/mol. The normalized spacial score (nSPS) is 11.5. The van der Waals surface area contributed by atoms with E-state index in [2.05, 4.69) is 10.6 Å². The summed E-state index contributed by atoms with van der Waals surface area (Å²) >= 11 is 5.85. The van der Waals surface area contributed by atoms with E-state index >= 15 is 0 Å². The van der Waals surface area contributed by atoms with E-state index in [0.29, 0.717) is 16.3 Å². The van der Waals surface area contributed by atoms with E-state index < -0.39 is 6.04 Å².